The summed E-state index contributed by atoms with van der Waals surface area (Å²) in [7, 11) is 0. The third kappa shape index (κ3) is 5.51. The zero-order chi connectivity index (χ0) is 19.8. The van der Waals surface area contributed by atoms with Crippen molar-refractivity contribution in [2.24, 2.45) is 5.92 Å². The fourth-order valence-electron chi connectivity index (χ4n) is 3.20. The van der Waals surface area contributed by atoms with E-state index < -0.39 is 0 Å². The largest absolute Gasteiger partial charge is 0.362 e. The average molecular weight is 402 g/mol. The first-order chi connectivity index (χ1) is 13.7. The molecule has 2 N–H and O–H groups in total. The molecule has 1 aliphatic rings. The minimum Gasteiger partial charge on any atom is -0.362 e. The van der Waals surface area contributed by atoms with Gasteiger partial charge in [0, 0.05) is 44.0 Å². The summed E-state index contributed by atoms with van der Waals surface area (Å²) in [4.78, 5) is 35.5. The molecule has 150 valence electrons. The molecule has 28 heavy (non-hydrogen) atoms. The molecule has 0 saturated carbocycles. The van der Waals surface area contributed by atoms with Gasteiger partial charge >= 0.3 is 0 Å². The summed E-state index contributed by atoms with van der Waals surface area (Å²) in [6, 6.07) is 3.78. The van der Waals surface area contributed by atoms with E-state index in [9.17, 15) is 9.59 Å². The Labute approximate surface area is 169 Å². The maximum atomic E-state index is 12.8. The van der Waals surface area contributed by atoms with Crippen molar-refractivity contribution in [1.82, 2.24) is 20.2 Å². The molecule has 1 unspecified atom stereocenters. The highest BCUT2D eigenvalue weighted by Gasteiger charge is 2.29. The van der Waals surface area contributed by atoms with Crippen molar-refractivity contribution >= 4 is 28.3 Å². The van der Waals surface area contributed by atoms with Gasteiger partial charge in [-0.3, -0.25) is 14.6 Å². The summed E-state index contributed by atoms with van der Waals surface area (Å²) in [5, 5.41) is 8.78. The molecule has 1 fully saturated rings. The molecular weight excluding hydrogens is 374 g/mol. The number of hydrogen-bond acceptors (Lipinski definition) is 6. The fraction of sp³-hybridized carbons (Fsp3) is 0.500. The van der Waals surface area contributed by atoms with Crippen LogP contribution in [0.5, 0.6) is 0 Å². The van der Waals surface area contributed by atoms with Crippen molar-refractivity contribution in [2.45, 2.75) is 39.2 Å². The first-order valence-electron chi connectivity index (χ1n) is 9.82. The normalized spacial score (nSPS) is 16.6. The van der Waals surface area contributed by atoms with E-state index in [1.54, 1.807) is 22.7 Å². The van der Waals surface area contributed by atoms with Crippen LogP contribution < -0.4 is 10.6 Å². The Balaban J connectivity index is 1.52. The first-order valence-corrected chi connectivity index (χ1v) is 10.7. The molecule has 0 spiro atoms. The quantitative estimate of drug-likeness (QED) is 0.664. The lowest BCUT2D eigenvalue weighted by molar-refractivity contribution is -0.126. The van der Waals surface area contributed by atoms with Gasteiger partial charge in [-0.2, -0.15) is 0 Å². The Bertz CT molecular complexity index is 780. The number of rotatable bonds is 8. The van der Waals surface area contributed by atoms with Gasteiger partial charge in [-0.15, -0.1) is 11.3 Å². The number of thiazole rings is 1. The lowest BCUT2D eigenvalue weighted by Crippen LogP contribution is -2.45. The van der Waals surface area contributed by atoms with E-state index >= 15 is 0 Å². The molecule has 0 aromatic carbocycles. The predicted octanol–water partition coefficient (Wildman–Crippen LogP) is 2.92. The Morgan fingerprint density at radius 2 is 2.29 bits per heavy atom. The Hall–Kier alpha value is -2.48. The third-order valence-corrected chi connectivity index (χ3v) is 5.60. The highest BCUT2D eigenvalue weighted by molar-refractivity contribution is 7.13. The molecule has 8 heteroatoms. The van der Waals surface area contributed by atoms with Gasteiger partial charge in [0.1, 0.15) is 5.69 Å². The molecule has 1 aliphatic heterocycles. The number of nitrogens with one attached hydrogen (secondary N) is 2. The van der Waals surface area contributed by atoms with E-state index in [4.69, 9.17) is 0 Å². The van der Waals surface area contributed by atoms with Crippen molar-refractivity contribution in [2.75, 3.05) is 25.0 Å². The molecule has 1 atom stereocenters. The van der Waals surface area contributed by atoms with Crippen LogP contribution in [0.15, 0.2) is 29.9 Å². The fourth-order valence-corrected chi connectivity index (χ4v) is 3.91. The summed E-state index contributed by atoms with van der Waals surface area (Å²) in [6.45, 7) is 4.56. The van der Waals surface area contributed by atoms with E-state index in [1.807, 2.05) is 12.1 Å². The van der Waals surface area contributed by atoms with Crippen LogP contribution in [0.1, 0.15) is 48.7 Å². The molecule has 3 rings (SSSR count). The maximum absolute atomic E-state index is 12.8. The molecular formula is C20H27N5O2S. The second-order valence-corrected chi connectivity index (χ2v) is 7.85. The van der Waals surface area contributed by atoms with Crippen molar-refractivity contribution in [3.05, 3.63) is 41.2 Å². The summed E-state index contributed by atoms with van der Waals surface area (Å²) < 4.78 is 0. The smallest absolute Gasteiger partial charge is 0.273 e. The monoisotopic (exact) mass is 401 g/mol. The molecule has 0 bridgehead atoms. The number of unbranched alkanes of at least 4 members (excludes halogenated alkanes) is 1. The van der Waals surface area contributed by atoms with Gasteiger partial charge in [0.25, 0.3) is 5.91 Å². The second-order valence-electron chi connectivity index (χ2n) is 6.99. The number of likely N-dealkylation sites (tertiary alicyclic amines) is 1. The summed E-state index contributed by atoms with van der Waals surface area (Å²) >= 11 is 1.45. The minimum absolute atomic E-state index is 0.0125. The van der Waals surface area contributed by atoms with E-state index in [1.165, 1.54) is 11.3 Å². The van der Waals surface area contributed by atoms with Crippen molar-refractivity contribution in [1.29, 1.82) is 0 Å². The van der Waals surface area contributed by atoms with Crippen LogP contribution in [0.25, 0.3) is 0 Å². The van der Waals surface area contributed by atoms with Gasteiger partial charge in [-0.1, -0.05) is 19.4 Å². The van der Waals surface area contributed by atoms with Crippen LogP contribution in [0.3, 0.4) is 0 Å². The molecule has 2 aromatic rings. The molecule has 2 amide bonds. The Morgan fingerprint density at radius 1 is 1.39 bits per heavy atom. The topological polar surface area (TPSA) is 87.2 Å². The van der Waals surface area contributed by atoms with E-state index in [2.05, 4.69) is 27.5 Å². The van der Waals surface area contributed by atoms with Gasteiger partial charge in [-0.05, 0) is 30.9 Å². The average Bonchev–Trinajstić information content (AvgIpc) is 3.21. The van der Waals surface area contributed by atoms with Crippen molar-refractivity contribution in [3.63, 3.8) is 0 Å². The number of nitrogens with zero attached hydrogens (tertiary/aromatic N) is 3. The molecule has 0 aliphatic carbocycles. The Kier molecular flexibility index (Phi) is 7.36. The number of pyridine rings is 1. The molecule has 2 aromatic heterocycles. The van der Waals surface area contributed by atoms with Crippen LogP contribution >= 0.6 is 11.3 Å². The number of amides is 2. The second kappa shape index (κ2) is 10.2. The highest BCUT2D eigenvalue weighted by atomic mass is 32.1. The molecule has 7 nitrogen and oxygen atoms in total. The van der Waals surface area contributed by atoms with Crippen LogP contribution in [0, 0.1) is 5.92 Å². The van der Waals surface area contributed by atoms with Gasteiger partial charge in [0.15, 0.2) is 5.13 Å². The zero-order valence-electron chi connectivity index (χ0n) is 16.2. The molecule has 3 heterocycles. The van der Waals surface area contributed by atoms with E-state index in [0.717, 1.165) is 42.9 Å². The van der Waals surface area contributed by atoms with Crippen LogP contribution in [-0.4, -0.2) is 46.3 Å². The number of hydrogen-bond donors (Lipinski definition) is 2. The van der Waals surface area contributed by atoms with E-state index in [0.29, 0.717) is 25.3 Å². The summed E-state index contributed by atoms with van der Waals surface area (Å²) in [5.41, 5.74) is 1.42. The number of carbonyl (C=O) groups is 2. The SMILES string of the molecule is CCCCNc1nc(C(=O)N2CCCC(C(=O)NCc3cccnc3)C2)cs1. The van der Waals surface area contributed by atoms with Gasteiger partial charge < -0.3 is 15.5 Å². The maximum Gasteiger partial charge on any atom is 0.273 e. The van der Waals surface area contributed by atoms with Crippen LogP contribution in [0.2, 0.25) is 0 Å². The van der Waals surface area contributed by atoms with Gasteiger partial charge in [-0.25, -0.2) is 4.98 Å². The lowest BCUT2D eigenvalue weighted by atomic mass is 9.97. The zero-order valence-corrected chi connectivity index (χ0v) is 17.0. The standard InChI is InChI=1S/C20H27N5O2S/c1-2-3-9-22-20-24-17(14-28-20)19(27)25-10-5-7-16(13-25)18(26)23-12-15-6-4-8-21-11-15/h4,6,8,11,14,16H,2-3,5,7,9-10,12-13H2,1H3,(H,22,24)(H,23,26). The van der Waals surface area contributed by atoms with Crippen LogP contribution in [0.4, 0.5) is 5.13 Å². The predicted molar refractivity (Wildman–Crippen MR) is 110 cm³/mol. The van der Waals surface area contributed by atoms with E-state index in [-0.39, 0.29) is 17.7 Å². The number of piperidine rings is 1. The number of anilines is 1. The lowest BCUT2D eigenvalue weighted by Gasteiger charge is -2.31. The first kappa shape index (κ1) is 20.3. The van der Waals surface area contributed by atoms with Gasteiger partial charge in [0.05, 0.1) is 5.92 Å². The van der Waals surface area contributed by atoms with Crippen LogP contribution in [-0.2, 0) is 11.3 Å². The van der Waals surface area contributed by atoms with Crippen molar-refractivity contribution < 1.29 is 9.59 Å². The number of carbonyl (C=O) groups excluding carboxylic acids is 2. The molecule has 1 saturated heterocycles. The van der Waals surface area contributed by atoms with Crippen molar-refractivity contribution in [3.8, 4) is 0 Å². The van der Waals surface area contributed by atoms with Gasteiger partial charge in [0.2, 0.25) is 5.91 Å². The highest BCUT2D eigenvalue weighted by Crippen LogP contribution is 2.21. The summed E-state index contributed by atoms with van der Waals surface area (Å²) in [6.07, 6.45) is 7.25. The summed E-state index contributed by atoms with van der Waals surface area (Å²) in [5.74, 6) is -0.291. The minimum atomic E-state index is -0.185. The molecule has 0 radical (unpaired) electrons. The third-order valence-electron chi connectivity index (χ3n) is 4.80. The number of aromatic nitrogens is 2. The Morgan fingerprint density at radius 3 is 3.07 bits per heavy atom.